The zero-order chi connectivity index (χ0) is 17.3. The Morgan fingerprint density at radius 3 is 2.46 bits per heavy atom. The third-order valence-electron chi connectivity index (χ3n) is 3.50. The Hall–Kier alpha value is -3.03. The Balaban J connectivity index is 1.75. The Labute approximate surface area is 134 Å². The number of hydrogen-bond donors (Lipinski definition) is 3. The molecular weight excluding hydrogens is 321 g/mol. The molecule has 124 valence electrons. The van der Waals surface area contributed by atoms with Crippen LogP contribution >= 0.6 is 0 Å². The first-order valence-electron chi connectivity index (χ1n) is 7.02. The molecule has 0 atom stereocenters. The summed E-state index contributed by atoms with van der Waals surface area (Å²) in [5, 5.41) is 12.5. The maximum Gasteiger partial charge on any atom is 0.416 e. The maximum atomic E-state index is 12.9. The van der Waals surface area contributed by atoms with Gasteiger partial charge in [0.05, 0.1) is 17.3 Å². The van der Waals surface area contributed by atoms with Crippen LogP contribution in [0.2, 0.25) is 0 Å². The molecule has 0 aliphatic carbocycles. The van der Waals surface area contributed by atoms with E-state index in [4.69, 9.17) is 0 Å². The average molecular weight is 334 g/mol. The first kappa shape index (κ1) is 15.9. The number of nitrogens with one attached hydrogen (secondary N) is 3. The monoisotopic (exact) mass is 334 g/mol. The van der Waals surface area contributed by atoms with Crippen molar-refractivity contribution in [2.75, 3.05) is 10.6 Å². The highest BCUT2D eigenvalue weighted by atomic mass is 19.4. The molecule has 8 heteroatoms. The summed E-state index contributed by atoms with van der Waals surface area (Å²) in [6.45, 7) is 1.37. The van der Waals surface area contributed by atoms with E-state index in [9.17, 15) is 18.0 Å². The van der Waals surface area contributed by atoms with E-state index in [2.05, 4.69) is 20.8 Å². The summed E-state index contributed by atoms with van der Waals surface area (Å²) < 4.78 is 38.7. The molecule has 3 rings (SSSR count). The van der Waals surface area contributed by atoms with Crippen LogP contribution in [0, 0.1) is 6.92 Å². The summed E-state index contributed by atoms with van der Waals surface area (Å²) in [5.74, 6) is 0. The summed E-state index contributed by atoms with van der Waals surface area (Å²) in [4.78, 5) is 12.0. The van der Waals surface area contributed by atoms with Crippen molar-refractivity contribution in [2.45, 2.75) is 13.1 Å². The second kappa shape index (κ2) is 5.88. The molecule has 3 N–H and O–H groups in total. The minimum atomic E-state index is -4.47. The number of urea groups is 1. The number of carbonyl (C=O) groups is 1. The molecule has 0 bridgehead atoms. The van der Waals surface area contributed by atoms with E-state index < -0.39 is 17.8 Å². The largest absolute Gasteiger partial charge is 0.416 e. The number of alkyl halides is 3. The molecule has 0 aliphatic rings. The lowest BCUT2D eigenvalue weighted by atomic mass is 10.1. The molecule has 0 radical (unpaired) electrons. The zero-order valence-corrected chi connectivity index (χ0v) is 12.5. The number of nitrogens with zero attached hydrogens (tertiary/aromatic N) is 1. The van der Waals surface area contributed by atoms with Crippen molar-refractivity contribution in [1.29, 1.82) is 0 Å². The third-order valence-corrected chi connectivity index (χ3v) is 3.50. The highest BCUT2D eigenvalue weighted by Gasteiger charge is 2.32. The number of anilines is 2. The van der Waals surface area contributed by atoms with Crippen molar-refractivity contribution in [1.82, 2.24) is 10.2 Å². The molecule has 1 aromatic heterocycles. The van der Waals surface area contributed by atoms with E-state index >= 15 is 0 Å². The summed E-state index contributed by atoms with van der Waals surface area (Å²) >= 11 is 0. The number of amides is 2. The zero-order valence-electron chi connectivity index (χ0n) is 12.5. The number of rotatable bonds is 2. The predicted octanol–water partition coefficient (Wildman–Crippen LogP) is 4.53. The van der Waals surface area contributed by atoms with Crippen molar-refractivity contribution < 1.29 is 18.0 Å². The van der Waals surface area contributed by atoms with Crippen LogP contribution in [-0.2, 0) is 6.18 Å². The SMILES string of the molecule is Cc1ccc(NC(=O)Nc2ccc3cn[nH]c3c2)cc1C(F)(F)F. The van der Waals surface area contributed by atoms with Crippen LogP contribution in [0.3, 0.4) is 0 Å². The molecule has 3 aromatic rings. The number of H-pyrrole nitrogens is 1. The van der Waals surface area contributed by atoms with E-state index in [-0.39, 0.29) is 11.3 Å². The summed E-state index contributed by atoms with van der Waals surface area (Å²) in [6, 6.07) is 8.13. The van der Waals surface area contributed by atoms with Crippen LogP contribution in [-0.4, -0.2) is 16.2 Å². The topological polar surface area (TPSA) is 69.8 Å². The number of fused-ring (bicyclic) bond motifs is 1. The average Bonchev–Trinajstić information content (AvgIpc) is 2.95. The van der Waals surface area contributed by atoms with Gasteiger partial charge in [-0.25, -0.2) is 4.79 Å². The van der Waals surface area contributed by atoms with Crippen LogP contribution in [0.15, 0.2) is 42.6 Å². The summed E-state index contributed by atoms with van der Waals surface area (Å²) in [6.07, 6.45) is -2.83. The molecule has 0 saturated carbocycles. The van der Waals surface area contributed by atoms with E-state index in [1.165, 1.54) is 19.1 Å². The number of aromatic nitrogens is 2. The minimum absolute atomic E-state index is 0.0630. The Kier molecular flexibility index (Phi) is 3.88. The van der Waals surface area contributed by atoms with Gasteiger partial charge in [0.25, 0.3) is 0 Å². The molecule has 0 spiro atoms. The van der Waals surface area contributed by atoms with Gasteiger partial charge in [-0.15, -0.1) is 0 Å². The van der Waals surface area contributed by atoms with E-state index in [1.54, 1.807) is 24.4 Å². The van der Waals surface area contributed by atoms with Gasteiger partial charge in [0.15, 0.2) is 0 Å². The van der Waals surface area contributed by atoms with E-state index in [1.807, 2.05) is 0 Å². The quantitative estimate of drug-likeness (QED) is 0.644. The second-order valence-corrected chi connectivity index (χ2v) is 5.28. The molecular formula is C16H13F3N4O. The van der Waals surface area contributed by atoms with Gasteiger partial charge >= 0.3 is 12.2 Å². The fraction of sp³-hybridized carbons (Fsp3) is 0.125. The maximum absolute atomic E-state index is 12.9. The lowest BCUT2D eigenvalue weighted by molar-refractivity contribution is -0.138. The molecule has 0 aliphatic heterocycles. The van der Waals surface area contributed by atoms with Crippen LogP contribution < -0.4 is 10.6 Å². The van der Waals surface area contributed by atoms with Gasteiger partial charge < -0.3 is 10.6 Å². The second-order valence-electron chi connectivity index (χ2n) is 5.28. The van der Waals surface area contributed by atoms with Gasteiger partial charge in [0.2, 0.25) is 0 Å². The van der Waals surface area contributed by atoms with Gasteiger partial charge in [-0.2, -0.15) is 18.3 Å². The van der Waals surface area contributed by atoms with Crippen molar-refractivity contribution in [3.05, 3.63) is 53.7 Å². The van der Waals surface area contributed by atoms with Crippen molar-refractivity contribution in [3.63, 3.8) is 0 Å². The number of halogens is 3. The van der Waals surface area contributed by atoms with Crippen LogP contribution in [0.25, 0.3) is 10.9 Å². The van der Waals surface area contributed by atoms with Crippen LogP contribution in [0.1, 0.15) is 11.1 Å². The Morgan fingerprint density at radius 1 is 1.08 bits per heavy atom. The molecule has 0 fully saturated rings. The minimum Gasteiger partial charge on any atom is -0.308 e. The Bertz CT molecular complexity index is 902. The van der Waals surface area contributed by atoms with Crippen molar-refractivity contribution in [3.8, 4) is 0 Å². The normalized spacial score (nSPS) is 11.5. The van der Waals surface area contributed by atoms with Gasteiger partial charge in [-0.05, 0) is 42.8 Å². The molecule has 2 aromatic carbocycles. The standard InChI is InChI=1S/C16H13F3N4O/c1-9-2-4-11(6-13(9)16(17,18)19)21-15(24)22-12-5-3-10-8-20-23-14(10)7-12/h2-8H,1H3,(H,20,23)(H2,21,22,24). The van der Waals surface area contributed by atoms with Gasteiger partial charge in [-0.1, -0.05) is 6.07 Å². The molecule has 0 saturated heterocycles. The summed E-state index contributed by atoms with van der Waals surface area (Å²) in [5.41, 5.74) is 0.611. The number of aromatic amines is 1. The number of hydrogen-bond acceptors (Lipinski definition) is 2. The predicted molar refractivity (Wildman–Crippen MR) is 84.9 cm³/mol. The van der Waals surface area contributed by atoms with E-state index in [0.29, 0.717) is 5.69 Å². The van der Waals surface area contributed by atoms with Gasteiger partial charge in [0.1, 0.15) is 0 Å². The lowest BCUT2D eigenvalue weighted by Gasteiger charge is -2.13. The first-order valence-corrected chi connectivity index (χ1v) is 7.02. The molecule has 0 unspecified atom stereocenters. The fourth-order valence-corrected chi connectivity index (χ4v) is 2.31. The lowest BCUT2D eigenvalue weighted by Crippen LogP contribution is -2.20. The molecule has 1 heterocycles. The highest BCUT2D eigenvalue weighted by molar-refractivity contribution is 6.00. The van der Waals surface area contributed by atoms with E-state index in [0.717, 1.165) is 17.0 Å². The summed E-state index contributed by atoms with van der Waals surface area (Å²) in [7, 11) is 0. The van der Waals surface area contributed by atoms with Crippen LogP contribution in [0.4, 0.5) is 29.3 Å². The number of aryl methyl sites for hydroxylation is 1. The number of carbonyl (C=O) groups excluding carboxylic acids is 1. The van der Waals surface area contributed by atoms with Crippen molar-refractivity contribution in [2.24, 2.45) is 0 Å². The molecule has 24 heavy (non-hydrogen) atoms. The first-order chi connectivity index (χ1) is 11.3. The van der Waals surface area contributed by atoms with Crippen LogP contribution in [0.5, 0.6) is 0 Å². The fourth-order valence-electron chi connectivity index (χ4n) is 2.31. The highest BCUT2D eigenvalue weighted by Crippen LogP contribution is 2.33. The number of benzene rings is 2. The molecule has 2 amide bonds. The molecule has 5 nitrogen and oxygen atoms in total. The Morgan fingerprint density at radius 2 is 1.75 bits per heavy atom. The van der Waals surface area contributed by atoms with Gasteiger partial charge in [0, 0.05) is 16.8 Å². The van der Waals surface area contributed by atoms with Gasteiger partial charge in [-0.3, -0.25) is 5.10 Å². The smallest absolute Gasteiger partial charge is 0.308 e. The van der Waals surface area contributed by atoms with Crippen molar-refractivity contribution >= 4 is 28.3 Å². The third kappa shape index (κ3) is 3.32.